The molecular formula is C12H13FN2O6S. The predicted octanol–water partition coefficient (Wildman–Crippen LogP) is 1.11. The van der Waals surface area contributed by atoms with Gasteiger partial charge in [0.15, 0.2) is 4.90 Å². The average molecular weight is 332 g/mol. The van der Waals surface area contributed by atoms with Crippen LogP contribution in [-0.2, 0) is 19.6 Å². The molecule has 0 spiro atoms. The fourth-order valence-corrected chi connectivity index (χ4v) is 3.22. The lowest BCUT2D eigenvalue weighted by atomic mass is 10.1. The monoisotopic (exact) mass is 332 g/mol. The number of amides is 1. The van der Waals surface area contributed by atoms with Crippen LogP contribution >= 0.6 is 0 Å². The zero-order chi connectivity index (χ0) is 16.3. The molecule has 22 heavy (non-hydrogen) atoms. The van der Waals surface area contributed by atoms with Crippen LogP contribution in [0.3, 0.4) is 0 Å². The summed E-state index contributed by atoms with van der Waals surface area (Å²) in [5.41, 5.74) is -0.940. The molecule has 1 fully saturated rings. The van der Waals surface area contributed by atoms with E-state index in [1.54, 1.807) is 4.72 Å². The number of nitro benzene ring substituents is 1. The van der Waals surface area contributed by atoms with Gasteiger partial charge in [-0.1, -0.05) is 0 Å². The molecule has 1 N–H and O–H groups in total. The molecule has 0 saturated carbocycles. The number of rotatable bonds is 4. The maximum Gasteiger partial charge on any atom is 0.292 e. The molecule has 10 heteroatoms. The zero-order valence-electron chi connectivity index (χ0n) is 11.3. The molecule has 1 heterocycles. The van der Waals surface area contributed by atoms with Gasteiger partial charge in [0, 0.05) is 6.61 Å². The lowest BCUT2D eigenvalue weighted by Crippen LogP contribution is -2.41. The quantitative estimate of drug-likeness (QED) is 0.652. The highest BCUT2D eigenvalue weighted by Gasteiger charge is 2.31. The Balaban J connectivity index is 2.27. The van der Waals surface area contributed by atoms with E-state index in [2.05, 4.69) is 0 Å². The van der Waals surface area contributed by atoms with Crippen molar-refractivity contribution in [2.24, 2.45) is 0 Å². The van der Waals surface area contributed by atoms with Gasteiger partial charge in [0.2, 0.25) is 0 Å². The lowest BCUT2D eigenvalue weighted by molar-refractivity contribution is -0.388. The highest BCUT2D eigenvalue weighted by atomic mass is 32.2. The molecule has 1 amide bonds. The first-order chi connectivity index (χ1) is 10.3. The largest absolute Gasteiger partial charge is 0.368 e. The van der Waals surface area contributed by atoms with Crippen LogP contribution in [0, 0.1) is 15.9 Å². The van der Waals surface area contributed by atoms with E-state index in [1.807, 2.05) is 0 Å². The Hall–Kier alpha value is -2.07. The molecule has 120 valence electrons. The summed E-state index contributed by atoms with van der Waals surface area (Å²) in [5.74, 6) is -1.84. The van der Waals surface area contributed by atoms with E-state index < -0.39 is 43.4 Å². The number of benzene rings is 1. The minimum absolute atomic E-state index is 0.342. The van der Waals surface area contributed by atoms with Crippen molar-refractivity contribution in [3.63, 3.8) is 0 Å². The summed E-state index contributed by atoms with van der Waals surface area (Å²) in [6.07, 6.45) is 0.949. The van der Waals surface area contributed by atoms with Gasteiger partial charge < -0.3 is 4.74 Å². The van der Waals surface area contributed by atoms with E-state index in [4.69, 9.17) is 4.74 Å². The SMILES string of the molecule is O=C(NS(=O)(=O)c1ccc(F)cc1[N+](=O)[O-])C1CCCCO1. The second kappa shape index (κ2) is 6.36. The van der Waals surface area contributed by atoms with Crippen molar-refractivity contribution < 1.29 is 27.3 Å². The van der Waals surface area contributed by atoms with Gasteiger partial charge in [0.1, 0.15) is 11.9 Å². The van der Waals surface area contributed by atoms with E-state index in [0.717, 1.165) is 25.0 Å². The topological polar surface area (TPSA) is 116 Å². The number of hydrogen-bond acceptors (Lipinski definition) is 6. The third-order valence-electron chi connectivity index (χ3n) is 3.11. The van der Waals surface area contributed by atoms with Crippen molar-refractivity contribution in [2.75, 3.05) is 6.61 Å². The number of sulfonamides is 1. The molecule has 0 radical (unpaired) electrons. The highest BCUT2D eigenvalue weighted by Crippen LogP contribution is 2.24. The summed E-state index contributed by atoms with van der Waals surface area (Å²) in [5, 5.41) is 10.8. The van der Waals surface area contributed by atoms with Crippen LogP contribution in [0.25, 0.3) is 0 Å². The molecule has 1 atom stereocenters. The van der Waals surface area contributed by atoms with Crippen molar-refractivity contribution >= 4 is 21.6 Å². The number of carbonyl (C=O) groups is 1. The van der Waals surface area contributed by atoms with Gasteiger partial charge in [-0.15, -0.1) is 0 Å². The molecule has 1 aliphatic rings. The average Bonchev–Trinajstić information content (AvgIpc) is 2.47. The Morgan fingerprint density at radius 3 is 2.73 bits per heavy atom. The lowest BCUT2D eigenvalue weighted by Gasteiger charge is -2.21. The molecule has 2 rings (SSSR count). The molecule has 1 unspecified atom stereocenters. The summed E-state index contributed by atoms with van der Waals surface area (Å²) >= 11 is 0. The van der Waals surface area contributed by atoms with Gasteiger partial charge in [-0.25, -0.2) is 17.5 Å². The third kappa shape index (κ3) is 3.57. The van der Waals surface area contributed by atoms with Gasteiger partial charge in [-0.05, 0) is 31.4 Å². The number of hydrogen-bond donors (Lipinski definition) is 1. The Morgan fingerprint density at radius 1 is 1.41 bits per heavy atom. The number of nitro groups is 1. The van der Waals surface area contributed by atoms with Crippen LogP contribution in [0.4, 0.5) is 10.1 Å². The van der Waals surface area contributed by atoms with E-state index in [9.17, 15) is 27.7 Å². The fourth-order valence-electron chi connectivity index (χ4n) is 2.06. The van der Waals surface area contributed by atoms with Gasteiger partial charge in [-0.3, -0.25) is 14.9 Å². The molecule has 1 saturated heterocycles. The molecule has 1 aliphatic heterocycles. The summed E-state index contributed by atoms with van der Waals surface area (Å²) in [7, 11) is -4.49. The first kappa shape index (κ1) is 16.3. The van der Waals surface area contributed by atoms with Gasteiger partial charge in [-0.2, -0.15) is 0 Å². The summed E-state index contributed by atoms with van der Waals surface area (Å²) < 4.78 is 44.1. The normalized spacial score (nSPS) is 18.7. The van der Waals surface area contributed by atoms with Crippen molar-refractivity contribution in [3.05, 3.63) is 34.1 Å². The Morgan fingerprint density at radius 2 is 2.14 bits per heavy atom. The number of ether oxygens (including phenoxy) is 1. The summed E-state index contributed by atoms with van der Waals surface area (Å²) in [4.78, 5) is 20.9. The molecule has 0 bridgehead atoms. The van der Waals surface area contributed by atoms with E-state index in [-0.39, 0.29) is 0 Å². The summed E-state index contributed by atoms with van der Waals surface area (Å²) in [6.45, 7) is 0.342. The summed E-state index contributed by atoms with van der Waals surface area (Å²) in [6, 6.07) is 1.99. The van der Waals surface area contributed by atoms with E-state index in [0.29, 0.717) is 19.1 Å². The molecule has 1 aromatic rings. The van der Waals surface area contributed by atoms with E-state index >= 15 is 0 Å². The Kier molecular flexibility index (Phi) is 4.71. The molecule has 8 nitrogen and oxygen atoms in total. The highest BCUT2D eigenvalue weighted by molar-refractivity contribution is 7.90. The van der Waals surface area contributed by atoms with Crippen LogP contribution in [0.5, 0.6) is 0 Å². The Labute approximate surface area is 125 Å². The fraction of sp³-hybridized carbons (Fsp3) is 0.417. The zero-order valence-corrected chi connectivity index (χ0v) is 12.1. The Bertz CT molecular complexity index is 700. The second-order valence-corrected chi connectivity index (χ2v) is 6.34. The van der Waals surface area contributed by atoms with Gasteiger partial charge in [0.05, 0.1) is 11.0 Å². The van der Waals surface area contributed by atoms with Crippen molar-refractivity contribution in [1.29, 1.82) is 0 Å². The first-order valence-electron chi connectivity index (χ1n) is 6.43. The minimum atomic E-state index is -4.49. The van der Waals surface area contributed by atoms with Crippen molar-refractivity contribution in [3.8, 4) is 0 Å². The smallest absolute Gasteiger partial charge is 0.292 e. The van der Waals surface area contributed by atoms with Gasteiger partial charge in [0.25, 0.3) is 21.6 Å². The van der Waals surface area contributed by atoms with E-state index in [1.165, 1.54) is 0 Å². The first-order valence-corrected chi connectivity index (χ1v) is 7.92. The third-order valence-corrected chi connectivity index (χ3v) is 4.51. The number of nitrogens with one attached hydrogen (secondary N) is 1. The van der Waals surface area contributed by atoms with Crippen LogP contribution in [-0.4, -0.2) is 32.0 Å². The van der Waals surface area contributed by atoms with Gasteiger partial charge >= 0.3 is 0 Å². The maximum atomic E-state index is 13.0. The maximum absolute atomic E-state index is 13.0. The molecular weight excluding hydrogens is 319 g/mol. The van der Waals surface area contributed by atoms with Crippen LogP contribution in [0.15, 0.2) is 23.1 Å². The molecule has 1 aromatic carbocycles. The second-order valence-electron chi connectivity index (χ2n) is 4.69. The van der Waals surface area contributed by atoms with Crippen LogP contribution < -0.4 is 4.72 Å². The number of carbonyl (C=O) groups excluding carboxylic acids is 1. The van der Waals surface area contributed by atoms with Crippen molar-refractivity contribution in [2.45, 2.75) is 30.3 Å². The number of nitrogens with zero attached hydrogens (tertiary/aromatic N) is 1. The molecule has 0 aromatic heterocycles. The minimum Gasteiger partial charge on any atom is -0.368 e. The number of halogens is 1. The standard InChI is InChI=1S/C12H13FN2O6S/c13-8-4-5-11(9(7-8)15(17)18)22(19,20)14-12(16)10-3-1-2-6-21-10/h4-5,7,10H,1-3,6H2,(H,14,16). The molecule has 0 aliphatic carbocycles. The van der Waals surface area contributed by atoms with Crippen molar-refractivity contribution in [1.82, 2.24) is 4.72 Å². The van der Waals surface area contributed by atoms with Crippen LogP contribution in [0.2, 0.25) is 0 Å². The van der Waals surface area contributed by atoms with Crippen LogP contribution in [0.1, 0.15) is 19.3 Å². The predicted molar refractivity (Wildman–Crippen MR) is 72.0 cm³/mol.